The molecular weight excluding hydrogens is 272 g/mol. The second-order valence-electron chi connectivity index (χ2n) is 5.05. The quantitative estimate of drug-likeness (QED) is 0.610. The van der Waals surface area contributed by atoms with Gasteiger partial charge in [-0.3, -0.25) is 0 Å². The molecule has 22 heavy (non-hydrogen) atoms. The van der Waals surface area contributed by atoms with Crippen molar-refractivity contribution in [3.63, 3.8) is 0 Å². The number of benzene rings is 3. The first kappa shape index (κ1) is 14.0. The zero-order chi connectivity index (χ0) is 15.4. The van der Waals surface area contributed by atoms with E-state index in [0.29, 0.717) is 5.75 Å². The fraction of sp³-hybridized carbons (Fsp3) is 0.0526. The van der Waals surface area contributed by atoms with Crippen LogP contribution in [0.4, 0.5) is 11.4 Å². The van der Waals surface area contributed by atoms with Crippen LogP contribution in [0.2, 0.25) is 0 Å². The zero-order valence-electron chi connectivity index (χ0n) is 12.3. The molecule has 1 N–H and O–H groups in total. The summed E-state index contributed by atoms with van der Waals surface area (Å²) in [7, 11) is 0. The van der Waals surface area contributed by atoms with E-state index in [-0.39, 0.29) is 0 Å². The summed E-state index contributed by atoms with van der Waals surface area (Å²) >= 11 is 0. The number of nitrogens with zero attached hydrogens (tertiary/aromatic N) is 2. The van der Waals surface area contributed by atoms with Gasteiger partial charge in [0.15, 0.2) is 0 Å². The first-order chi connectivity index (χ1) is 10.7. The number of phenols is 1. The number of rotatable bonds is 3. The first-order valence-electron chi connectivity index (χ1n) is 7.10. The summed E-state index contributed by atoms with van der Waals surface area (Å²) in [6.07, 6.45) is 0. The summed E-state index contributed by atoms with van der Waals surface area (Å²) in [5.41, 5.74) is 4.46. The van der Waals surface area contributed by atoms with E-state index in [1.54, 1.807) is 6.07 Å². The van der Waals surface area contributed by atoms with Gasteiger partial charge in [0.25, 0.3) is 0 Å². The summed E-state index contributed by atoms with van der Waals surface area (Å²) in [6.45, 7) is 1.88. The lowest BCUT2D eigenvalue weighted by Crippen LogP contribution is -1.81. The third-order valence-electron chi connectivity index (χ3n) is 3.44. The van der Waals surface area contributed by atoms with Gasteiger partial charge in [-0.25, -0.2) is 0 Å². The molecule has 0 amide bonds. The van der Waals surface area contributed by atoms with Gasteiger partial charge in [0.1, 0.15) is 5.75 Å². The molecule has 0 aromatic heterocycles. The van der Waals surface area contributed by atoms with Crippen molar-refractivity contribution in [2.45, 2.75) is 6.92 Å². The second kappa shape index (κ2) is 6.22. The van der Waals surface area contributed by atoms with Crippen LogP contribution in [0.5, 0.6) is 5.75 Å². The molecule has 0 bridgehead atoms. The zero-order valence-corrected chi connectivity index (χ0v) is 12.3. The number of aromatic hydroxyl groups is 1. The number of hydrogen-bond donors (Lipinski definition) is 1. The Hall–Kier alpha value is -2.94. The molecule has 3 nitrogen and oxygen atoms in total. The molecule has 0 saturated heterocycles. The van der Waals surface area contributed by atoms with Crippen LogP contribution in [0.1, 0.15) is 5.56 Å². The highest BCUT2D eigenvalue weighted by Gasteiger charge is 2.06. The van der Waals surface area contributed by atoms with Crippen molar-refractivity contribution < 1.29 is 5.11 Å². The largest absolute Gasteiger partial charge is 0.508 e. The van der Waals surface area contributed by atoms with Crippen molar-refractivity contribution in [1.82, 2.24) is 0 Å². The molecule has 0 spiro atoms. The number of phenolic OH excluding ortho intramolecular Hbond substituents is 1. The molecule has 0 aliphatic carbocycles. The van der Waals surface area contributed by atoms with Crippen molar-refractivity contribution >= 4 is 11.4 Å². The molecule has 3 rings (SSSR count). The minimum atomic E-state index is 0.298. The molecule has 3 aromatic carbocycles. The molecule has 108 valence electrons. The number of azo groups is 1. The maximum absolute atomic E-state index is 9.67. The summed E-state index contributed by atoms with van der Waals surface area (Å²) in [4.78, 5) is 0. The average Bonchev–Trinajstić information content (AvgIpc) is 2.57. The fourth-order valence-corrected chi connectivity index (χ4v) is 2.23. The van der Waals surface area contributed by atoms with Gasteiger partial charge in [-0.2, -0.15) is 5.11 Å². The molecule has 0 fully saturated rings. The summed E-state index contributed by atoms with van der Waals surface area (Å²) in [6, 6.07) is 23.0. The van der Waals surface area contributed by atoms with E-state index < -0.39 is 0 Å². The third-order valence-corrected chi connectivity index (χ3v) is 3.44. The third kappa shape index (κ3) is 3.04. The van der Waals surface area contributed by atoms with Crippen LogP contribution in [0.3, 0.4) is 0 Å². The minimum absolute atomic E-state index is 0.298. The van der Waals surface area contributed by atoms with Gasteiger partial charge in [0.2, 0.25) is 0 Å². The minimum Gasteiger partial charge on any atom is -0.508 e. The van der Waals surface area contributed by atoms with Crippen molar-refractivity contribution in [1.29, 1.82) is 0 Å². The molecule has 0 heterocycles. The summed E-state index contributed by atoms with van der Waals surface area (Å²) < 4.78 is 0. The Morgan fingerprint density at radius 1 is 0.773 bits per heavy atom. The van der Waals surface area contributed by atoms with E-state index in [4.69, 9.17) is 0 Å². The van der Waals surface area contributed by atoms with E-state index in [1.807, 2.05) is 73.7 Å². The predicted molar refractivity (Wildman–Crippen MR) is 88.9 cm³/mol. The van der Waals surface area contributed by atoms with Crippen LogP contribution in [0, 0.1) is 6.92 Å². The molecule has 3 heteroatoms. The highest BCUT2D eigenvalue weighted by Crippen LogP contribution is 2.33. The maximum atomic E-state index is 9.67. The summed E-state index contributed by atoms with van der Waals surface area (Å²) in [5.74, 6) is 0.298. The van der Waals surface area contributed by atoms with Gasteiger partial charge in [-0.15, -0.1) is 5.11 Å². The molecular formula is C19H16N2O. The Morgan fingerprint density at radius 3 is 2.27 bits per heavy atom. The molecule has 0 aliphatic rings. The van der Waals surface area contributed by atoms with Crippen molar-refractivity contribution in [2.24, 2.45) is 10.2 Å². The lowest BCUT2D eigenvalue weighted by atomic mass is 10.0. The molecule has 0 radical (unpaired) electrons. The second-order valence-corrected chi connectivity index (χ2v) is 5.05. The maximum Gasteiger partial charge on any atom is 0.118 e. The van der Waals surface area contributed by atoms with Crippen LogP contribution in [0.15, 0.2) is 83.0 Å². The van der Waals surface area contributed by atoms with E-state index in [0.717, 1.165) is 28.1 Å². The van der Waals surface area contributed by atoms with Crippen molar-refractivity contribution in [2.75, 3.05) is 0 Å². The molecule has 0 saturated carbocycles. The highest BCUT2D eigenvalue weighted by molar-refractivity contribution is 5.76. The van der Waals surface area contributed by atoms with E-state index >= 15 is 0 Å². The fourth-order valence-electron chi connectivity index (χ4n) is 2.23. The molecule has 0 aliphatic heterocycles. The Balaban J connectivity index is 1.99. The van der Waals surface area contributed by atoms with Gasteiger partial charge in [0.05, 0.1) is 11.4 Å². The Bertz CT molecular complexity index is 811. The molecule has 0 unspecified atom stereocenters. The number of hydrogen-bond acceptors (Lipinski definition) is 3. The van der Waals surface area contributed by atoms with Crippen LogP contribution >= 0.6 is 0 Å². The monoisotopic (exact) mass is 288 g/mol. The van der Waals surface area contributed by atoms with Gasteiger partial charge < -0.3 is 5.11 Å². The topological polar surface area (TPSA) is 45.0 Å². The van der Waals surface area contributed by atoms with Gasteiger partial charge in [0, 0.05) is 5.56 Å². The highest BCUT2D eigenvalue weighted by atomic mass is 16.3. The summed E-state index contributed by atoms with van der Waals surface area (Å²) in [5, 5.41) is 18.3. The molecule has 0 atom stereocenters. The van der Waals surface area contributed by atoms with E-state index in [2.05, 4.69) is 10.2 Å². The van der Waals surface area contributed by atoms with Gasteiger partial charge in [-0.05, 0) is 48.4 Å². The SMILES string of the molecule is Cc1cc(-c2ccccc2N=Nc2ccccc2)ccc1O. The van der Waals surface area contributed by atoms with Crippen LogP contribution in [-0.4, -0.2) is 5.11 Å². The van der Waals surface area contributed by atoms with Crippen molar-refractivity contribution in [3.8, 4) is 16.9 Å². The normalized spacial score (nSPS) is 11.0. The lowest BCUT2D eigenvalue weighted by molar-refractivity contribution is 0.471. The Kier molecular flexibility index (Phi) is 3.97. The number of aryl methyl sites for hydroxylation is 1. The Labute approximate surface area is 129 Å². The van der Waals surface area contributed by atoms with Gasteiger partial charge >= 0.3 is 0 Å². The predicted octanol–water partition coefficient (Wildman–Crippen LogP) is 5.78. The molecule has 3 aromatic rings. The van der Waals surface area contributed by atoms with E-state index in [9.17, 15) is 5.11 Å². The Morgan fingerprint density at radius 2 is 1.50 bits per heavy atom. The van der Waals surface area contributed by atoms with Crippen LogP contribution in [0.25, 0.3) is 11.1 Å². The van der Waals surface area contributed by atoms with Gasteiger partial charge in [-0.1, -0.05) is 42.5 Å². The standard InChI is InChI=1S/C19H16N2O/c1-14-13-15(11-12-19(14)22)17-9-5-6-10-18(17)21-20-16-7-3-2-4-8-16/h2-13,22H,1H3. The van der Waals surface area contributed by atoms with Crippen LogP contribution in [-0.2, 0) is 0 Å². The smallest absolute Gasteiger partial charge is 0.118 e. The van der Waals surface area contributed by atoms with Crippen LogP contribution < -0.4 is 0 Å². The average molecular weight is 288 g/mol. The van der Waals surface area contributed by atoms with E-state index in [1.165, 1.54) is 0 Å². The van der Waals surface area contributed by atoms with Crippen molar-refractivity contribution in [3.05, 3.63) is 78.4 Å². The lowest BCUT2D eigenvalue weighted by Gasteiger charge is -2.07. The first-order valence-corrected chi connectivity index (χ1v) is 7.10.